The second kappa shape index (κ2) is 5.07. The van der Waals surface area contributed by atoms with Gasteiger partial charge in [-0.05, 0) is 38.1 Å². The molecular weight excluding hydrogens is 202 g/mol. The topological polar surface area (TPSA) is 45.2 Å². The highest BCUT2D eigenvalue weighted by Gasteiger charge is 2.26. The van der Waals surface area contributed by atoms with Gasteiger partial charge in [-0.2, -0.15) is 0 Å². The van der Waals surface area contributed by atoms with Gasteiger partial charge in [0, 0.05) is 25.5 Å². The lowest BCUT2D eigenvalue weighted by Crippen LogP contribution is -2.30. The monoisotopic (exact) mass is 219 g/mol. The number of nitrogens with zero attached hydrogens (tertiary/aromatic N) is 2. The van der Waals surface area contributed by atoms with E-state index in [0.717, 1.165) is 26.1 Å². The van der Waals surface area contributed by atoms with Crippen molar-refractivity contribution in [2.24, 2.45) is 5.92 Å². The quantitative estimate of drug-likeness (QED) is 0.816. The molecule has 86 valence electrons. The van der Waals surface area contributed by atoms with E-state index in [1.807, 2.05) is 18.0 Å². The van der Waals surface area contributed by atoms with Crippen molar-refractivity contribution < 1.29 is 4.79 Å². The molecule has 0 aromatic carbocycles. The zero-order chi connectivity index (χ0) is 11.4. The summed E-state index contributed by atoms with van der Waals surface area (Å²) in [6.07, 6.45) is 4.41. The molecule has 1 atom stereocenters. The Hall–Kier alpha value is -1.42. The van der Waals surface area contributed by atoms with Crippen molar-refractivity contribution in [1.82, 2.24) is 15.2 Å². The fraction of sp³-hybridized carbons (Fsp3) is 0.500. The van der Waals surface area contributed by atoms with Crippen molar-refractivity contribution in [2.75, 3.05) is 26.7 Å². The fourth-order valence-electron chi connectivity index (χ4n) is 2.14. The summed E-state index contributed by atoms with van der Waals surface area (Å²) in [5.74, 6) is 0.692. The van der Waals surface area contributed by atoms with Crippen LogP contribution < -0.4 is 5.32 Å². The molecule has 0 radical (unpaired) electrons. The van der Waals surface area contributed by atoms with Crippen molar-refractivity contribution in [2.45, 2.75) is 6.42 Å². The van der Waals surface area contributed by atoms with Crippen LogP contribution in [0.4, 0.5) is 0 Å². The molecule has 0 saturated carbocycles. The van der Waals surface area contributed by atoms with Crippen LogP contribution in [0.1, 0.15) is 16.8 Å². The molecule has 0 spiro atoms. The third-order valence-electron chi connectivity index (χ3n) is 2.97. The molecule has 1 saturated heterocycles. The highest BCUT2D eigenvalue weighted by atomic mass is 16.2. The number of aromatic nitrogens is 1. The highest BCUT2D eigenvalue weighted by molar-refractivity contribution is 5.94. The van der Waals surface area contributed by atoms with Gasteiger partial charge in [0.1, 0.15) is 0 Å². The zero-order valence-electron chi connectivity index (χ0n) is 9.52. The molecule has 1 aliphatic rings. The van der Waals surface area contributed by atoms with E-state index < -0.39 is 0 Å². The molecule has 1 aromatic heterocycles. The number of nitrogens with one attached hydrogen (secondary N) is 1. The minimum Gasteiger partial charge on any atom is -0.338 e. The molecule has 0 aliphatic carbocycles. The molecule has 4 heteroatoms. The van der Waals surface area contributed by atoms with E-state index in [-0.39, 0.29) is 5.91 Å². The molecule has 1 N–H and O–H groups in total. The first-order valence-corrected chi connectivity index (χ1v) is 5.65. The summed E-state index contributed by atoms with van der Waals surface area (Å²) in [6, 6.07) is 3.62. The van der Waals surface area contributed by atoms with Gasteiger partial charge in [-0.3, -0.25) is 9.78 Å². The van der Waals surface area contributed by atoms with Crippen molar-refractivity contribution in [3.8, 4) is 0 Å². The molecule has 16 heavy (non-hydrogen) atoms. The summed E-state index contributed by atoms with van der Waals surface area (Å²) < 4.78 is 0. The Bertz CT molecular complexity index is 353. The number of carbonyl (C=O) groups excluding carboxylic acids is 1. The van der Waals surface area contributed by atoms with Gasteiger partial charge in [-0.15, -0.1) is 0 Å². The van der Waals surface area contributed by atoms with Crippen LogP contribution in [-0.2, 0) is 0 Å². The second-order valence-corrected chi connectivity index (χ2v) is 4.21. The second-order valence-electron chi connectivity index (χ2n) is 4.21. The maximum absolute atomic E-state index is 12.1. The molecule has 4 nitrogen and oxygen atoms in total. The predicted octanol–water partition coefficient (Wildman–Crippen LogP) is 0.763. The SMILES string of the molecule is CNCC1CCN(C(=O)c2cccnc2)C1. The van der Waals surface area contributed by atoms with Crippen molar-refractivity contribution in [3.63, 3.8) is 0 Å². The third kappa shape index (κ3) is 2.39. The Morgan fingerprint density at radius 2 is 2.56 bits per heavy atom. The summed E-state index contributed by atoms with van der Waals surface area (Å²) in [4.78, 5) is 18.0. The van der Waals surface area contributed by atoms with Crippen molar-refractivity contribution >= 4 is 5.91 Å². The van der Waals surface area contributed by atoms with Gasteiger partial charge in [0.25, 0.3) is 5.91 Å². The number of amides is 1. The lowest BCUT2D eigenvalue weighted by Gasteiger charge is -2.16. The van der Waals surface area contributed by atoms with Gasteiger partial charge >= 0.3 is 0 Å². The Morgan fingerprint density at radius 1 is 1.69 bits per heavy atom. The van der Waals surface area contributed by atoms with Gasteiger partial charge < -0.3 is 10.2 Å². The van der Waals surface area contributed by atoms with Gasteiger partial charge in [0.2, 0.25) is 0 Å². The molecule has 1 unspecified atom stereocenters. The number of pyridine rings is 1. The van der Waals surface area contributed by atoms with E-state index in [2.05, 4.69) is 10.3 Å². The van der Waals surface area contributed by atoms with Gasteiger partial charge in [0.15, 0.2) is 0 Å². The van der Waals surface area contributed by atoms with E-state index >= 15 is 0 Å². The summed E-state index contributed by atoms with van der Waals surface area (Å²) in [6.45, 7) is 2.70. The average Bonchev–Trinajstić information content (AvgIpc) is 2.78. The van der Waals surface area contributed by atoms with Gasteiger partial charge in [-0.25, -0.2) is 0 Å². The van der Waals surface area contributed by atoms with E-state index in [4.69, 9.17) is 0 Å². The Kier molecular flexibility index (Phi) is 3.51. The summed E-state index contributed by atoms with van der Waals surface area (Å²) in [5.41, 5.74) is 0.688. The van der Waals surface area contributed by atoms with Crippen LogP contribution in [0.2, 0.25) is 0 Å². The lowest BCUT2D eigenvalue weighted by molar-refractivity contribution is 0.0787. The van der Waals surface area contributed by atoms with Crippen LogP contribution in [-0.4, -0.2) is 42.5 Å². The first-order valence-electron chi connectivity index (χ1n) is 5.65. The van der Waals surface area contributed by atoms with Gasteiger partial charge in [0.05, 0.1) is 5.56 Å². The third-order valence-corrected chi connectivity index (χ3v) is 2.97. The molecule has 2 heterocycles. The smallest absolute Gasteiger partial charge is 0.255 e. The number of rotatable bonds is 3. The van der Waals surface area contributed by atoms with Crippen LogP contribution in [0.15, 0.2) is 24.5 Å². The Balaban J connectivity index is 1.97. The fourth-order valence-corrected chi connectivity index (χ4v) is 2.14. The standard InChI is InChI=1S/C12H17N3O/c1-13-7-10-4-6-15(9-10)12(16)11-3-2-5-14-8-11/h2-3,5,8,10,13H,4,6-7,9H2,1H3. The molecular formula is C12H17N3O. The summed E-state index contributed by atoms with van der Waals surface area (Å²) >= 11 is 0. The number of carbonyl (C=O) groups is 1. The average molecular weight is 219 g/mol. The molecule has 1 aliphatic heterocycles. The number of hydrogen-bond acceptors (Lipinski definition) is 3. The molecule has 2 rings (SSSR count). The first-order chi connectivity index (χ1) is 7.81. The summed E-state index contributed by atoms with van der Waals surface area (Å²) in [7, 11) is 1.95. The normalized spacial score (nSPS) is 20.1. The highest BCUT2D eigenvalue weighted by Crippen LogP contribution is 2.17. The lowest BCUT2D eigenvalue weighted by atomic mass is 10.1. The van der Waals surface area contributed by atoms with Crippen LogP contribution in [0.25, 0.3) is 0 Å². The Labute approximate surface area is 95.7 Å². The van der Waals surface area contributed by atoms with Crippen LogP contribution in [0, 0.1) is 5.92 Å². The maximum Gasteiger partial charge on any atom is 0.255 e. The molecule has 1 aromatic rings. The predicted molar refractivity (Wildman–Crippen MR) is 62.2 cm³/mol. The minimum absolute atomic E-state index is 0.103. The van der Waals surface area contributed by atoms with Crippen LogP contribution in [0.5, 0.6) is 0 Å². The minimum atomic E-state index is 0.103. The van der Waals surface area contributed by atoms with E-state index in [9.17, 15) is 4.79 Å². The maximum atomic E-state index is 12.1. The summed E-state index contributed by atoms with van der Waals surface area (Å²) in [5, 5.41) is 3.16. The van der Waals surface area contributed by atoms with E-state index in [1.54, 1.807) is 18.5 Å². The Morgan fingerprint density at radius 3 is 3.25 bits per heavy atom. The van der Waals surface area contributed by atoms with Crippen LogP contribution in [0.3, 0.4) is 0 Å². The van der Waals surface area contributed by atoms with Crippen LogP contribution >= 0.6 is 0 Å². The van der Waals surface area contributed by atoms with E-state index in [0.29, 0.717) is 11.5 Å². The number of likely N-dealkylation sites (tertiary alicyclic amines) is 1. The van der Waals surface area contributed by atoms with Crippen molar-refractivity contribution in [3.05, 3.63) is 30.1 Å². The largest absolute Gasteiger partial charge is 0.338 e. The van der Waals surface area contributed by atoms with Gasteiger partial charge in [-0.1, -0.05) is 0 Å². The first kappa shape index (κ1) is 11.1. The molecule has 0 bridgehead atoms. The zero-order valence-corrected chi connectivity index (χ0v) is 9.52. The number of hydrogen-bond donors (Lipinski definition) is 1. The van der Waals surface area contributed by atoms with E-state index in [1.165, 1.54) is 0 Å². The molecule has 1 amide bonds. The van der Waals surface area contributed by atoms with Crippen molar-refractivity contribution in [1.29, 1.82) is 0 Å². The molecule has 1 fully saturated rings.